The van der Waals surface area contributed by atoms with Gasteiger partial charge in [0.1, 0.15) is 10.8 Å². The highest BCUT2D eigenvalue weighted by Crippen LogP contribution is 2.33. The average molecular weight is 498 g/mol. The Hall–Kier alpha value is -2.58. The van der Waals surface area contributed by atoms with Gasteiger partial charge in [-0.25, -0.2) is 4.98 Å². The van der Waals surface area contributed by atoms with Gasteiger partial charge in [0.15, 0.2) is 0 Å². The molecule has 2 N–H and O–H groups in total. The molecule has 0 radical (unpaired) electrons. The van der Waals surface area contributed by atoms with Gasteiger partial charge in [0.25, 0.3) is 0 Å². The van der Waals surface area contributed by atoms with Crippen LogP contribution in [-0.2, 0) is 11.2 Å². The summed E-state index contributed by atoms with van der Waals surface area (Å²) in [5.74, 6) is 1.39. The summed E-state index contributed by atoms with van der Waals surface area (Å²) in [5, 5.41) is 7.19. The normalized spacial score (nSPS) is 22.2. The molecule has 5 rings (SSSR count). The van der Waals surface area contributed by atoms with Crippen molar-refractivity contribution in [2.24, 2.45) is 0 Å². The molecule has 0 saturated carbocycles. The van der Waals surface area contributed by atoms with Gasteiger partial charge in [-0.15, -0.1) is 0 Å². The smallest absolute Gasteiger partial charge is 0.229 e. The quantitative estimate of drug-likeness (QED) is 0.504. The number of hydrogen-bond donors (Lipinski definition) is 2. The molecule has 3 saturated heterocycles. The molecule has 8 nitrogen and oxygen atoms in total. The van der Waals surface area contributed by atoms with Crippen LogP contribution in [-0.4, -0.2) is 77.5 Å². The summed E-state index contributed by atoms with van der Waals surface area (Å²) < 4.78 is 0. The Morgan fingerprint density at radius 3 is 2.71 bits per heavy atom. The number of aromatic nitrogens is 2. The third-order valence-electron chi connectivity index (χ3n) is 7.74. The van der Waals surface area contributed by atoms with Crippen LogP contribution in [0.25, 0.3) is 0 Å². The highest BCUT2D eigenvalue weighted by atomic mass is 35.5. The zero-order chi connectivity index (χ0) is 24.4. The Labute approximate surface area is 213 Å². The SMILES string of the molecule is CCc1cc(N2C[C@H]3CC[C@@H](C2)N3C)ccc1Nc1ncc(Cl)c(NCCCN2CCCC2=O)n1. The van der Waals surface area contributed by atoms with Crippen molar-refractivity contribution >= 4 is 40.6 Å². The molecule has 1 aromatic carbocycles. The van der Waals surface area contributed by atoms with Crippen molar-refractivity contribution in [3.8, 4) is 0 Å². The highest BCUT2D eigenvalue weighted by molar-refractivity contribution is 6.32. The number of rotatable bonds is 9. The van der Waals surface area contributed by atoms with Crippen LogP contribution in [0.2, 0.25) is 5.02 Å². The van der Waals surface area contributed by atoms with Crippen molar-refractivity contribution in [3.63, 3.8) is 0 Å². The summed E-state index contributed by atoms with van der Waals surface area (Å²) in [5.41, 5.74) is 3.57. The summed E-state index contributed by atoms with van der Waals surface area (Å²) in [6, 6.07) is 8.00. The van der Waals surface area contributed by atoms with E-state index in [0.29, 0.717) is 41.8 Å². The van der Waals surface area contributed by atoms with Gasteiger partial charge in [0.2, 0.25) is 11.9 Å². The van der Waals surface area contributed by atoms with Crippen LogP contribution in [0.15, 0.2) is 24.4 Å². The first-order valence-corrected chi connectivity index (χ1v) is 13.3. The van der Waals surface area contributed by atoms with Gasteiger partial charge in [0.05, 0.1) is 6.20 Å². The van der Waals surface area contributed by atoms with E-state index in [9.17, 15) is 4.79 Å². The minimum atomic E-state index is 0.259. The number of likely N-dealkylation sites (N-methyl/N-ethyl adjacent to an activating group) is 1. The molecular formula is C26H36ClN7O. The summed E-state index contributed by atoms with van der Waals surface area (Å²) in [6.07, 6.45) is 7.66. The zero-order valence-corrected chi connectivity index (χ0v) is 21.5. The number of halogens is 1. The first kappa shape index (κ1) is 24.1. The number of likely N-dealkylation sites (tertiary alicyclic amines) is 1. The average Bonchev–Trinajstić information content (AvgIpc) is 3.34. The third kappa shape index (κ3) is 5.33. The van der Waals surface area contributed by atoms with Crippen LogP contribution in [0.1, 0.15) is 44.6 Å². The van der Waals surface area contributed by atoms with E-state index in [1.807, 2.05) is 4.90 Å². The van der Waals surface area contributed by atoms with E-state index < -0.39 is 0 Å². The van der Waals surface area contributed by atoms with Gasteiger partial charge in [-0.3, -0.25) is 9.69 Å². The molecule has 1 aromatic heterocycles. The monoisotopic (exact) mass is 497 g/mol. The molecule has 9 heteroatoms. The van der Waals surface area contributed by atoms with Crippen LogP contribution in [0.5, 0.6) is 0 Å². The Morgan fingerprint density at radius 1 is 1.20 bits per heavy atom. The predicted octanol–water partition coefficient (Wildman–Crippen LogP) is 4.14. The molecule has 3 aliphatic heterocycles. The summed E-state index contributed by atoms with van der Waals surface area (Å²) >= 11 is 6.34. The number of nitrogens with zero attached hydrogens (tertiary/aromatic N) is 5. The number of hydrogen-bond acceptors (Lipinski definition) is 7. The molecule has 0 spiro atoms. The molecule has 0 aliphatic carbocycles. The minimum absolute atomic E-state index is 0.259. The second-order valence-corrected chi connectivity index (χ2v) is 10.3. The fourth-order valence-electron chi connectivity index (χ4n) is 5.60. The molecule has 2 atom stereocenters. The largest absolute Gasteiger partial charge is 0.369 e. The van der Waals surface area contributed by atoms with Gasteiger partial charge in [-0.05, 0) is 62.9 Å². The summed E-state index contributed by atoms with van der Waals surface area (Å²) in [6.45, 7) is 6.71. The maximum atomic E-state index is 11.8. The van der Waals surface area contributed by atoms with Gasteiger partial charge < -0.3 is 20.4 Å². The Morgan fingerprint density at radius 2 is 2.00 bits per heavy atom. The maximum absolute atomic E-state index is 11.8. The number of nitrogens with one attached hydrogen (secondary N) is 2. The number of amides is 1. The number of piperazine rings is 1. The van der Waals surface area contributed by atoms with E-state index in [0.717, 1.165) is 51.1 Å². The zero-order valence-electron chi connectivity index (χ0n) is 20.8. The standard InChI is InChI=1S/C26H36ClN7O/c1-3-18-14-19(34-16-20-7-8-21(17-34)32(20)2)9-10-23(18)30-26-29-15-22(27)25(31-26)28-11-5-13-33-12-4-6-24(33)35/h9-10,14-15,20-21H,3-8,11-13,16-17H2,1-2H3,(H2,28,29,30,31)/t20-,21+. The number of carbonyl (C=O) groups is 1. The van der Waals surface area contributed by atoms with Gasteiger partial charge in [-0.2, -0.15) is 4.98 Å². The van der Waals surface area contributed by atoms with Crippen molar-refractivity contribution < 1.29 is 4.79 Å². The molecule has 0 unspecified atom stereocenters. The second-order valence-electron chi connectivity index (χ2n) is 9.93. The van der Waals surface area contributed by atoms with Crippen molar-refractivity contribution in [2.45, 2.75) is 57.5 Å². The van der Waals surface area contributed by atoms with Crippen molar-refractivity contribution in [2.75, 3.05) is 55.3 Å². The topological polar surface area (TPSA) is 76.6 Å². The number of fused-ring (bicyclic) bond motifs is 2. The number of carbonyl (C=O) groups excluding carboxylic acids is 1. The van der Waals surface area contributed by atoms with E-state index >= 15 is 0 Å². The third-order valence-corrected chi connectivity index (χ3v) is 8.02. The molecule has 35 heavy (non-hydrogen) atoms. The summed E-state index contributed by atoms with van der Waals surface area (Å²) in [4.78, 5) is 27.8. The lowest BCUT2D eigenvalue weighted by atomic mass is 10.1. The van der Waals surface area contributed by atoms with Crippen molar-refractivity contribution in [1.29, 1.82) is 0 Å². The lowest BCUT2D eigenvalue weighted by Gasteiger charge is -2.40. The first-order valence-electron chi connectivity index (χ1n) is 12.9. The minimum Gasteiger partial charge on any atom is -0.369 e. The molecule has 1 amide bonds. The molecular weight excluding hydrogens is 462 g/mol. The Balaban J connectivity index is 1.22. The van der Waals surface area contributed by atoms with Crippen LogP contribution in [0, 0.1) is 0 Å². The number of benzene rings is 1. The molecule has 188 valence electrons. The number of anilines is 4. The van der Waals surface area contributed by atoms with Crippen LogP contribution >= 0.6 is 11.6 Å². The van der Waals surface area contributed by atoms with E-state index in [-0.39, 0.29) is 5.91 Å². The Bertz CT molecular complexity index is 1050. The molecule has 4 heterocycles. The molecule has 2 bridgehead atoms. The lowest BCUT2D eigenvalue weighted by molar-refractivity contribution is -0.127. The summed E-state index contributed by atoms with van der Waals surface area (Å²) in [7, 11) is 2.27. The Kier molecular flexibility index (Phi) is 7.29. The van der Waals surface area contributed by atoms with Crippen molar-refractivity contribution in [3.05, 3.63) is 35.0 Å². The van der Waals surface area contributed by atoms with Gasteiger partial charge in [0, 0.05) is 62.6 Å². The van der Waals surface area contributed by atoms with E-state index in [1.54, 1.807) is 6.20 Å². The van der Waals surface area contributed by atoms with Crippen LogP contribution in [0.4, 0.5) is 23.1 Å². The fourth-order valence-corrected chi connectivity index (χ4v) is 5.76. The van der Waals surface area contributed by atoms with Gasteiger partial charge in [-0.1, -0.05) is 18.5 Å². The van der Waals surface area contributed by atoms with E-state index in [2.05, 4.69) is 62.6 Å². The number of aryl methyl sites for hydroxylation is 1. The van der Waals surface area contributed by atoms with E-state index in [1.165, 1.54) is 24.1 Å². The highest BCUT2D eigenvalue weighted by Gasteiger charge is 2.37. The predicted molar refractivity (Wildman–Crippen MR) is 142 cm³/mol. The van der Waals surface area contributed by atoms with Crippen LogP contribution in [0.3, 0.4) is 0 Å². The second kappa shape index (κ2) is 10.6. The molecule has 2 aromatic rings. The first-order chi connectivity index (χ1) is 17.0. The lowest BCUT2D eigenvalue weighted by Crippen LogP contribution is -2.52. The van der Waals surface area contributed by atoms with E-state index in [4.69, 9.17) is 11.6 Å². The molecule has 3 aliphatic rings. The van der Waals surface area contributed by atoms with Crippen LogP contribution < -0.4 is 15.5 Å². The maximum Gasteiger partial charge on any atom is 0.229 e. The fraction of sp³-hybridized carbons (Fsp3) is 0.577. The molecule has 3 fully saturated rings. The van der Waals surface area contributed by atoms with Gasteiger partial charge >= 0.3 is 0 Å². The van der Waals surface area contributed by atoms with Crippen molar-refractivity contribution in [1.82, 2.24) is 19.8 Å².